The van der Waals surface area contributed by atoms with Crippen molar-refractivity contribution in [3.8, 4) is 0 Å². The number of nitrogens with one attached hydrogen (secondary N) is 1. The van der Waals surface area contributed by atoms with Gasteiger partial charge in [-0.25, -0.2) is 0 Å². The molecule has 1 aliphatic heterocycles. The van der Waals surface area contributed by atoms with Crippen molar-refractivity contribution in [2.24, 2.45) is 0 Å². The maximum atomic E-state index is 9.16. The summed E-state index contributed by atoms with van der Waals surface area (Å²) in [6.45, 7) is 3.00. The Morgan fingerprint density at radius 2 is 2.27 bits per heavy atom. The standard InChI is InChI=1S/C9H19NO/c1-8(11)7-9-5-3-2-4-6-10-9/h8-11H,2-7H2,1H3/t8-,9+/m1/s1. The van der Waals surface area contributed by atoms with Gasteiger partial charge in [0.2, 0.25) is 0 Å². The van der Waals surface area contributed by atoms with Crippen LogP contribution in [0.4, 0.5) is 0 Å². The normalized spacial score (nSPS) is 29.5. The van der Waals surface area contributed by atoms with E-state index >= 15 is 0 Å². The van der Waals surface area contributed by atoms with Crippen LogP contribution in [0, 0.1) is 0 Å². The third-order valence-electron chi connectivity index (χ3n) is 2.29. The zero-order valence-corrected chi connectivity index (χ0v) is 7.34. The van der Waals surface area contributed by atoms with E-state index in [0.29, 0.717) is 6.04 Å². The highest BCUT2D eigenvalue weighted by Crippen LogP contribution is 2.12. The van der Waals surface area contributed by atoms with Gasteiger partial charge in [0.1, 0.15) is 0 Å². The molecule has 2 N–H and O–H groups in total. The van der Waals surface area contributed by atoms with Crippen molar-refractivity contribution in [1.82, 2.24) is 5.32 Å². The van der Waals surface area contributed by atoms with Crippen LogP contribution < -0.4 is 5.32 Å². The van der Waals surface area contributed by atoms with Crippen molar-refractivity contribution in [1.29, 1.82) is 0 Å². The lowest BCUT2D eigenvalue weighted by atomic mass is 10.1. The summed E-state index contributed by atoms with van der Waals surface area (Å²) < 4.78 is 0. The number of hydrogen-bond acceptors (Lipinski definition) is 2. The van der Waals surface area contributed by atoms with E-state index in [9.17, 15) is 0 Å². The van der Waals surface area contributed by atoms with Crippen molar-refractivity contribution in [2.45, 2.75) is 51.2 Å². The fourth-order valence-electron chi connectivity index (χ4n) is 1.71. The number of rotatable bonds is 2. The van der Waals surface area contributed by atoms with Gasteiger partial charge in [-0.1, -0.05) is 12.8 Å². The zero-order chi connectivity index (χ0) is 8.10. The summed E-state index contributed by atoms with van der Waals surface area (Å²) in [5.74, 6) is 0. The molecule has 0 aromatic carbocycles. The topological polar surface area (TPSA) is 32.3 Å². The highest BCUT2D eigenvalue weighted by molar-refractivity contribution is 4.72. The van der Waals surface area contributed by atoms with Crippen LogP contribution in [-0.2, 0) is 0 Å². The summed E-state index contributed by atoms with van der Waals surface area (Å²) in [6.07, 6.45) is 5.99. The molecule has 0 bridgehead atoms. The van der Waals surface area contributed by atoms with Gasteiger partial charge in [0.25, 0.3) is 0 Å². The van der Waals surface area contributed by atoms with E-state index in [0.717, 1.165) is 13.0 Å². The Hall–Kier alpha value is -0.0800. The van der Waals surface area contributed by atoms with E-state index in [-0.39, 0.29) is 6.10 Å². The van der Waals surface area contributed by atoms with Crippen molar-refractivity contribution >= 4 is 0 Å². The minimum absolute atomic E-state index is 0.148. The first-order valence-corrected chi connectivity index (χ1v) is 4.70. The van der Waals surface area contributed by atoms with Gasteiger partial charge in [-0.2, -0.15) is 0 Å². The average molecular weight is 157 g/mol. The first-order chi connectivity index (χ1) is 5.29. The van der Waals surface area contributed by atoms with E-state index in [1.807, 2.05) is 6.92 Å². The summed E-state index contributed by atoms with van der Waals surface area (Å²) in [7, 11) is 0. The van der Waals surface area contributed by atoms with Crippen LogP contribution >= 0.6 is 0 Å². The SMILES string of the molecule is C[C@@H](O)C[C@@H]1CCCCCN1. The third kappa shape index (κ3) is 3.73. The smallest absolute Gasteiger partial charge is 0.0526 e. The fraction of sp³-hybridized carbons (Fsp3) is 1.00. The summed E-state index contributed by atoms with van der Waals surface area (Å²) in [4.78, 5) is 0. The molecule has 1 fully saturated rings. The molecule has 66 valence electrons. The molecule has 2 heteroatoms. The molecule has 0 aromatic heterocycles. The molecule has 2 nitrogen and oxygen atoms in total. The van der Waals surface area contributed by atoms with E-state index in [1.54, 1.807) is 0 Å². The lowest BCUT2D eigenvalue weighted by molar-refractivity contribution is 0.167. The molecule has 1 rings (SSSR count). The summed E-state index contributed by atoms with van der Waals surface area (Å²) >= 11 is 0. The highest BCUT2D eigenvalue weighted by atomic mass is 16.3. The third-order valence-corrected chi connectivity index (χ3v) is 2.29. The van der Waals surface area contributed by atoms with E-state index in [1.165, 1.54) is 25.7 Å². The maximum Gasteiger partial charge on any atom is 0.0526 e. The van der Waals surface area contributed by atoms with E-state index in [4.69, 9.17) is 5.11 Å². The second-order valence-electron chi connectivity index (χ2n) is 3.59. The van der Waals surface area contributed by atoms with Gasteiger partial charge < -0.3 is 10.4 Å². The molecule has 1 saturated heterocycles. The van der Waals surface area contributed by atoms with Gasteiger partial charge in [0, 0.05) is 6.04 Å². The van der Waals surface area contributed by atoms with Crippen LogP contribution in [0.25, 0.3) is 0 Å². The Bertz CT molecular complexity index is 95.7. The molecular formula is C9H19NO. The highest BCUT2D eigenvalue weighted by Gasteiger charge is 2.12. The number of hydrogen-bond donors (Lipinski definition) is 2. The molecule has 0 aromatic rings. The molecule has 0 unspecified atom stereocenters. The van der Waals surface area contributed by atoms with Crippen molar-refractivity contribution in [3.63, 3.8) is 0 Å². The Balaban J connectivity index is 2.20. The van der Waals surface area contributed by atoms with Crippen molar-refractivity contribution < 1.29 is 5.11 Å². The zero-order valence-electron chi connectivity index (χ0n) is 7.34. The molecular weight excluding hydrogens is 138 g/mol. The monoisotopic (exact) mass is 157 g/mol. The van der Waals surface area contributed by atoms with Gasteiger partial charge in [-0.05, 0) is 32.7 Å². The van der Waals surface area contributed by atoms with Gasteiger partial charge in [0.15, 0.2) is 0 Å². The van der Waals surface area contributed by atoms with Crippen LogP contribution in [0.5, 0.6) is 0 Å². The molecule has 0 saturated carbocycles. The molecule has 0 amide bonds. The minimum atomic E-state index is -0.148. The molecule has 0 radical (unpaired) electrons. The summed E-state index contributed by atoms with van der Waals surface area (Å²) in [6, 6.07) is 0.567. The fourth-order valence-corrected chi connectivity index (χ4v) is 1.71. The Kier molecular flexibility index (Phi) is 3.87. The Morgan fingerprint density at radius 1 is 1.45 bits per heavy atom. The number of aliphatic hydroxyl groups is 1. The lowest BCUT2D eigenvalue weighted by Crippen LogP contribution is -2.31. The van der Waals surface area contributed by atoms with Crippen LogP contribution in [0.1, 0.15) is 39.0 Å². The molecule has 1 heterocycles. The first kappa shape index (κ1) is 9.01. The van der Waals surface area contributed by atoms with Crippen LogP contribution in [-0.4, -0.2) is 23.8 Å². The molecule has 0 aliphatic carbocycles. The quantitative estimate of drug-likeness (QED) is 0.633. The molecule has 1 aliphatic rings. The van der Waals surface area contributed by atoms with E-state index in [2.05, 4.69) is 5.32 Å². The predicted octanol–water partition coefficient (Wildman–Crippen LogP) is 1.29. The summed E-state index contributed by atoms with van der Waals surface area (Å²) in [5, 5.41) is 12.6. The van der Waals surface area contributed by atoms with Crippen molar-refractivity contribution in [3.05, 3.63) is 0 Å². The lowest BCUT2D eigenvalue weighted by Gasteiger charge is -2.16. The number of aliphatic hydroxyl groups excluding tert-OH is 1. The van der Waals surface area contributed by atoms with Gasteiger partial charge >= 0.3 is 0 Å². The van der Waals surface area contributed by atoms with Crippen LogP contribution in [0.3, 0.4) is 0 Å². The molecule has 11 heavy (non-hydrogen) atoms. The van der Waals surface area contributed by atoms with E-state index < -0.39 is 0 Å². The second kappa shape index (κ2) is 4.73. The Morgan fingerprint density at radius 3 is 3.00 bits per heavy atom. The minimum Gasteiger partial charge on any atom is -0.393 e. The van der Waals surface area contributed by atoms with Gasteiger partial charge in [0.05, 0.1) is 6.10 Å². The van der Waals surface area contributed by atoms with Gasteiger partial charge in [-0.15, -0.1) is 0 Å². The van der Waals surface area contributed by atoms with Crippen LogP contribution in [0.2, 0.25) is 0 Å². The summed E-state index contributed by atoms with van der Waals surface area (Å²) in [5.41, 5.74) is 0. The molecule has 2 atom stereocenters. The molecule has 0 spiro atoms. The largest absolute Gasteiger partial charge is 0.393 e. The Labute approximate surface area is 69.0 Å². The first-order valence-electron chi connectivity index (χ1n) is 4.70. The second-order valence-corrected chi connectivity index (χ2v) is 3.59. The van der Waals surface area contributed by atoms with Gasteiger partial charge in [-0.3, -0.25) is 0 Å². The average Bonchev–Trinajstić information content (AvgIpc) is 2.14. The van der Waals surface area contributed by atoms with Crippen LogP contribution in [0.15, 0.2) is 0 Å². The predicted molar refractivity (Wildman–Crippen MR) is 46.6 cm³/mol. The maximum absolute atomic E-state index is 9.16. The van der Waals surface area contributed by atoms with Crippen molar-refractivity contribution in [2.75, 3.05) is 6.54 Å².